The minimum Gasteiger partial charge on any atom is -0.493 e. The third-order valence-electron chi connectivity index (χ3n) is 2.70. The lowest BCUT2D eigenvalue weighted by molar-refractivity contribution is 0.115. The van der Waals surface area contributed by atoms with E-state index in [1.807, 2.05) is 19.1 Å². The number of aliphatic hydroxyl groups excluding tert-OH is 1. The molecule has 1 aromatic carbocycles. The molecule has 0 unspecified atom stereocenters. The zero-order valence-electron chi connectivity index (χ0n) is 8.00. The van der Waals surface area contributed by atoms with Crippen molar-refractivity contribution in [3.63, 3.8) is 0 Å². The lowest BCUT2D eigenvalue weighted by Gasteiger charge is -2.24. The molecule has 0 bridgehead atoms. The molecule has 0 saturated heterocycles. The first-order valence-electron chi connectivity index (χ1n) is 4.61. The van der Waals surface area contributed by atoms with Gasteiger partial charge in [0.1, 0.15) is 5.75 Å². The lowest BCUT2D eigenvalue weighted by Crippen LogP contribution is -2.14. The van der Waals surface area contributed by atoms with E-state index in [0.29, 0.717) is 13.0 Å². The van der Waals surface area contributed by atoms with Crippen molar-refractivity contribution in [2.75, 3.05) is 6.61 Å². The fourth-order valence-corrected chi connectivity index (χ4v) is 1.69. The number of hydrogen-bond acceptors (Lipinski definition) is 2. The fourth-order valence-electron chi connectivity index (χ4n) is 1.69. The van der Waals surface area contributed by atoms with Crippen molar-refractivity contribution in [2.45, 2.75) is 26.4 Å². The molecular formula is C11H14O2. The van der Waals surface area contributed by atoms with Crippen LogP contribution in [0.25, 0.3) is 0 Å². The highest BCUT2D eigenvalue weighted by molar-refractivity contribution is 5.47. The molecule has 0 amide bonds. The van der Waals surface area contributed by atoms with Gasteiger partial charge in [-0.25, -0.2) is 0 Å². The minimum atomic E-state index is -0.344. The Morgan fingerprint density at radius 2 is 2.15 bits per heavy atom. The quantitative estimate of drug-likeness (QED) is 0.659. The number of hydrogen-bond donors (Lipinski definition) is 1. The molecule has 2 rings (SSSR count). The zero-order valence-corrected chi connectivity index (χ0v) is 8.00. The van der Waals surface area contributed by atoms with Gasteiger partial charge in [0, 0.05) is 12.0 Å². The molecule has 70 valence electrons. The molecule has 2 nitrogen and oxygen atoms in total. The van der Waals surface area contributed by atoms with Gasteiger partial charge < -0.3 is 9.84 Å². The second-order valence-corrected chi connectivity index (χ2v) is 3.58. The molecule has 0 saturated carbocycles. The Labute approximate surface area is 78.2 Å². The highest BCUT2D eigenvalue weighted by Gasteiger charge is 2.20. The number of rotatable bonds is 0. The van der Waals surface area contributed by atoms with Gasteiger partial charge >= 0.3 is 0 Å². The molecular weight excluding hydrogens is 164 g/mol. The minimum absolute atomic E-state index is 0.344. The van der Waals surface area contributed by atoms with Crippen molar-refractivity contribution in [1.82, 2.24) is 0 Å². The summed E-state index contributed by atoms with van der Waals surface area (Å²) in [7, 11) is 0. The number of benzene rings is 1. The largest absolute Gasteiger partial charge is 0.493 e. The summed E-state index contributed by atoms with van der Waals surface area (Å²) in [6.07, 6.45) is 0.359. The van der Waals surface area contributed by atoms with E-state index < -0.39 is 0 Å². The molecule has 13 heavy (non-hydrogen) atoms. The second kappa shape index (κ2) is 3.04. The Balaban J connectivity index is 2.56. The van der Waals surface area contributed by atoms with E-state index in [2.05, 4.69) is 6.92 Å². The van der Waals surface area contributed by atoms with E-state index in [1.165, 1.54) is 5.56 Å². The average molecular weight is 178 g/mol. The SMILES string of the molecule is Cc1ccc2c(c1C)OCC[C@@H]2O. The summed E-state index contributed by atoms with van der Waals surface area (Å²) in [5.74, 6) is 0.888. The van der Waals surface area contributed by atoms with Crippen LogP contribution in [0, 0.1) is 13.8 Å². The Kier molecular flexibility index (Phi) is 2.00. The van der Waals surface area contributed by atoms with Crippen molar-refractivity contribution in [2.24, 2.45) is 0 Å². The van der Waals surface area contributed by atoms with Gasteiger partial charge in [0.05, 0.1) is 12.7 Å². The number of aliphatic hydroxyl groups is 1. The Morgan fingerprint density at radius 1 is 1.38 bits per heavy atom. The van der Waals surface area contributed by atoms with Crippen LogP contribution in [-0.4, -0.2) is 11.7 Å². The number of ether oxygens (including phenoxy) is 1. The molecule has 1 aliphatic heterocycles. The van der Waals surface area contributed by atoms with Crippen LogP contribution in [-0.2, 0) is 0 Å². The summed E-state index contributed by atoms with van der Waals surface area (Å²) >= 11 is 0. The number of fused-ring (bicyclic) bond motifs is 1. The highest BCUT2D eigenvalue weighted by Crippen LogP contribution is 2.35. The summed E-state index contributed by atoms with van der Waals surface area (Å²) < 4.78 is 5.55. The molecule has 1 N–H and O–H groups in total. The Hall–Kier alpha value is -1.02. The molecule has 0 fully saturated rings. The summed E-state index contributed by atoms with van der Waals surface area (Å²) in [5, 5.41) is 9.70. The highest BCUT2D eigenvalue weighted by atomic mass is 16.5. The monoisotopic (exact) mass is 178 g/mol. The van der Waals surface area contributed by atoms with E-state index in [1.54, 1.807) is 0 Å². The van der Waals surface area contributed by atoms with Gasteiger partial charge in [-0.15, -0.1) is 0 Å². The van der Waals surface area contributed by atoms with Gasteiger partial charge in [0.2, 0.25) is 0 Å². The van der Waals surface area contributed by atoms with E-state index in [0.717, 1.165) is 16.9 Å². The Morgan fingerprint density at radius 3 is 2.92 bits per heavy atom. The predicted octanol–water partition coefficient (Wildman–Crippen LogP) is 2.12. The molecule has 1 aromatic rings. The smallest absolute Gasteiger partial charge is 0.128 e. The first-order chi connectivity index (χ1) is 6.20. The van der Waals surface area contributed by atoms with Crippen LogP contribution in [0.1, 0.15) is 29.2 Å². The van der Waals surface area contributed by atoms with E-state index in [-0.39, 0.29) is 6.10 Å². The summed E-state index contributed by atoms with van der Waals surface area (Å²) in [6, 6.07) is 3.99. The third-order valence-corrected chi connectivity index (χ3v) is 2.70. The van der Waals surface area contributed by atoms with E-state index >= 15 is 0 Å². The standard InChI is InChI=1S/C11H14O2/c1-7-3-4-9-10(12)5-6-13-11(9)8(7)2/h3-4,10,12H,5-6H2,1-2H3/t10-/m0/s1. The van der Waals surface area contributed by atoms with Crippen LogP contribution in [0.4, 0.5) is 0 Å². The molecule has 0 aliphatic carbocycles. The maximum Gasteiger partial charge on any atom is 0.128 e. The Bertz CT molecular complexity index is 331. The average Bonchev–Trinajstić information content (AvgIpc) is 2.12. The molecule has 1 aliphatic rings. The van der Waals surface area contributed by atoms with E-state index in [4.69, 9.17) is 4.74 Å². The lowest BCUT2D eigenvalue weighted by atomic mass is 9.97. The number of aryl methyl sites for hydroxylation is 1. The van der Waals surface area contributed by atoms with E-state index in [9.17, 15) is 5.11 Å². The maximum atomic E-state index is 9.70. The van der Waals surface area contributed by atoms with Crippen molar-refractivity contribution in [3.05, 3.63) is 28.8 Å². The van der Waals surface area contributed by atoms with Crippen molar-refractivity contribution in [1.29, 1.82) is 0 Å². The topological polar surface area (TPSA) is 29.5 Å². The van der Waals surface area contributed by atoms with Crippen LogP contribution >= 0.6 is 0 Å². The van der Waals surface area contributed by atoms with Gasteiger partial charge in [-0.3, -0.25) is 0 Å². The molecule has 0 radical (unpaired) electrons. The van der Waals surface area contributed by atoms with Crippen LogP contribution in [0.5, 0.6) is 5.75 Å². The summed E-state index contributed by atoms with van der Waals surface area (Å²) in [4.78, 5) is 0. The molecule has 0 spiro atoms. The van der Waals surface area contributed by atoms with Gasteiger partial charge in [-0.05, 0) is 25.0 Å². The fraction of sp³-hybridized carbons (Fsp3) is 0.455. The van der Waals surface area contributed by atoms with Crippen molar-refractivity contribution < 1.29 is 9.84 Å². The van der Waals surface area contributed by atoms with Crippen LogP contribution in [0.15, 0.2) is 12.1 Å². The molecule has 1 heterocycles. The predicted molar refractivity (Wildman–Crippen MR) is 51.0 cm³/mol. The van der Waals surface area contributed by atoms with Gasteiger partial charge in [-0.1, -0.05) is 12.1 Å². The van der Waals surface area contributed by atoms with Gasteiger partial charge in [0.15, 0.2) is 0 Å². The summed E-state index contributed by atoms with van der Waals surface area (Å²) in [6.45, 7) is 4.71. The van der Waals surface area contributed by atoms with Crippen LogP contribution < -0.4 is 4.74 Å². The molecule has 1 atom stereocenters. The van der Waals surface area contributed by atoms with Gasteiger partial charge in [0.25, 0.3) is 0 Å². The third kappa shape index (κ3) is 1.31. The maximum absolute atomic E-state index is 9.70. The first-order valence-corrected chi connectivity index (χ1v) is 4.61. The molecule has 0 aromatic heterocycles. The van der Waals surface area contributed by atoms with Crippen LogP contribution in [0.3, 0.4) is 0 Å². The normalized spacial score (nSPS) is 20.7. The van der Waals surface area contributed by atoms with Gasteiger partial charge in [-0.2, -0.15) is 0 Å². The first kappa shape index (κ1) is 8.57. The van der Waals surface area contributed by atoms with Crippen molar-refractivity contribution >= 4 is 0 Å². The second-order valence-electron chi connectivity index (χ2n) is 3.58. The molecule has 2 heteroatoms. The zero-order chi connectivity index (χ0) is 9.42. The van der Waals surface area contributed by atoms with Crippen molar-refractivity contribution in [3.8, 4) is 5.75 Å². The van der Waals surface area contributed by atoms with Crippen LogP contribution in [0.2, 0.25) is 0 Å². The summed E-state index contributed by atoms with van der Waals surface area (Å²) in [5.41, 5.74) is 3.30.